The highest BCUT2D eigenvalue weighted by Gasteiger charge is 2.07. The van der Waals surface area contributed by atoms with Gasteiger partial charge in [0.05, 0.1) is 20.2 Å². The largest absolute Gasteiger partial charge is 0.497 e. The maximum absolute atomic E-state index is 5.66. The van der Waals surface area contributed by atoms with Crippen LogP contribution in [0.3, 0.4) is 0 Å². The molecule has 0 atom stereocenters. The lowest BCUT2D eigenvalue weighted by atomic mass is 10.3. The van der Waals surface area contributed by atoms with Crippen molar-refractivity contribution >= 4 is 0 Å². The zero-order chi connectivity index (χ0) is 15.1. The van der Waals surface area contributed by atoms with Gasteiger partial charge in [-0.1, -0.05) is 5.16 Å². The van der Waals surface area contributed by atoms with Crippen molar-refractivity contribution in [2.75, 3.05) is 27.3 Å². The van der Waals surface area contributed by atoms with Crippen LogP contribution in [0.2, 0.25) is 0 Å². The highest BCUT2D eigenvalue weighted by molar-refractivity contribution is 5.31. The molecule has 1 heterocycles. The SMILES string of the molecule is COc1ccc(OCCN(C)Cc2noc(CN)n2)cc1. The van der Waals surface area contributed by atoms with Crippen LogP contribution in [0.1, 0.15) is 11.7 Å². The molecule has 0 unspecified atom stereocenters. The second kappa shape index (κ2) is 7.61. The summed E-state index contributed by atoms with van der Waals surface area (Å²) in [5.74, 6) is 2.71. The van der Waals surface area contributed by atoms with E-state index in [1.807, 2.05) is 31.3 Å². The molecule has 0 saturated carbocycles. The molecular weight excluding hydrogens is 272 g/mol. The van der Waals surface area contributed by atoms with E-state index in [9.17, 15) is 0 Å². The van der Waals surface area contributed by atoms with E-state index in [1.165, 1.54) is 0 Å². The Labute approximate surface area is 123 Å². The summed E-state index contributed by atoms with van der Waals surface area (Å²) in [7, 11) is 3.61. The van der Waals surface area contributed by atoms with E-state index >= 15 is 0 Å². The molecule has 0 saturated heterocycles. The molecular formula is C14H20N4O3. The molecule has 2 rings (SSSR count). The van der Waals surface area contributed by atoms with Gasteiger partial charge in [0, 0.05) is 6.54 Å². The third-order valence-electron chi connectivity index (χ3n) is 2.90. The number of ether oxygens (including phenoxy) is 2. The van der Waals surface area contributed by atoms with Gasteiger partial charge >= 0.3 is 0 Å². The Bertz CT molecular complexity index is 541. The van der Waals surface area contributed by atoms with Crippen molar-refractivity contribution in [2.45, 2.75) is 13.1 Å². The third-order valence-corrected chi connectivity index (χ3v) is 2.90. The summed E-state index contributed by atoms with van der Waals surface area (Å²) in [4.78, 5) is 6.21. The molecule has 2 aromatic rings. The van der Waals surface area contributed by atoms with E-state index in [2.05, 4.69) is 15.0 Å². The summed E-state index contributed by atoms with van der Waals surface area (Å²) in [6.07, 6.45) is 0. The first-order chi connectivity index (χ1) is 10.2. The van der Waals surface area contributed by atoms with Gasteiger partial charge in [-0.25, -0.2) is 0 Å². The van der Waals surface area contributed by atoms with E-state index in [1.54, 1.807) is 7.11 Å². The zero-order valence-electron chi connectivity index (χ0n) is 12.3. The van der Waals surface area contributed by atoms with Crippen LogP contribution in [0.5, 0.6) is 11.5 Å². The Hall–Kier alpha value is -2.12. The molecule has 0 bridgehead atoms. The molecule has 1 aromatic carbocycles. The van der Waals surface area contributed by atoms with Crippen molar-refractivity contribution < 1.29 is 14.0 Å². The summed E-state index contributed by atoms with van der Waals surface area (Å²) in [5, 5.41) is 3.85. The summed E-state index contributed by atoms with van der Waals surface area (Å²) in [6.45, 7) is 2.18. The first-order valence-corrected chi connectivity index (χ1v) is 6.68. The Balaban J connectivity index is 1.71. The van der Waals surface area contributed by atoms with Crippen LogP contribution in [-0.2, 0) is 13.1 Å². The van der Waals surface area contributed by atoms with Gasteiger partial charge in [0.15, 0.2) is 5.82 Å². The number of nitrogens with two attached hydrogens (primary N) is 1. The lowest BCUT2D eigenvalue weighted by Gasteiger charge is -2.14. The minimum atomic E-state index is 0.261. The number of benzene rings is 1. The number of hydrogen-bond acceptors (Lipinski definition) is 7. The van der Waals surface area contributed by atoms with Crippen LogP contribution in [0.15, 0.2) is 28.8 Å². The fourth-order valence-electron chi connectivity index (χ4n) is 1.75. The standard InChI is InChI=1S/C14H20N4O3/c1-18(10-13-16-14(9-15)21-17-13)7-8-20-12-5-3-11(19-2)4-6-12/h3-6H,7-10,15H2,1-2H3. The quantitative estimate of drug-likeness (QED) is 0.778. The van der Waals surface area contributed by atoms with Crippen molar-refractivity contribution in [1.29, 1.82) is 0 Å². The molecule has 114 valence electrons. The average molecular weight is 292 g/mol. The minimum Gasteiger partial charge on any atom is -0.497 e. The normalized spacial score (nSPS) is 10.9. The minimum absolute atomic E-state index is 0.261. The van der Waals surface area contributed by atoms with Crippen LogP contribution in [0.25, 0.3) is 0 Å². The molecule has 0 amide bonds. The molecule has 7 heteroatoms. The second-order valence-corrected chi connectivity index (χ2v) is 4.57. The van der Waals surface area contributed by atoms with Gasteiger partial charge in [-0.2, -0.15) is 4.98 Å². The first-order valence-electron chi connectivity index (χ1n) is 6.68. The highest BCUT2D eigenvalue weighted by Crippen LogP contribution is 2.16. The summed E-state index contributed by atoms with van der Waals surface area (Å²) in [6, 6.07) is 7.50. The van der Waals surface area contributed by atoms with E-state index < -0.39 is 0 Å². The number of hydrogen-bond donors (Lipinski definition) is 1. The average Bonchev–Trinajstić information content (AvgIpc) is 2.95. The number of likely N-dealkylation sites (N-methyl/N-ethyl adjacent to an activating group) is 1. The lowest BCUT2D eigenvalue weighted by Crippen LogP contribution is -2.24. The molecule has 21 heavy (non-hydrogen) atoms. The van der Waals surface area contributed by atoms with Crippen LogP contribution >= 0.6 is 0 Å². The van der Waals surface area contributed by atoms with E-state index in [0.717, 1.165) is 18.0 Å². The molecule has 0 fully saturated rings. The summed E-state index contributed by atoms with van der Waals surface area (Å²) < 4.78 is 15.7. The number of nitrogens with zero attached hydrogens (tertiary/aromatic N) is 3. The molecule has 0 radical (unpaired) electrons. The van der Waals surface area contributed by atoms with Crippen molar-refractivity contribution in [1.82, 2.24) is 15.0 Å². The van der Waals surface area contributed by atoms with Gasteiger partial charge in [-0.15, -0.1) is 0 Å². The molecule has 0 aliphatic rings. The number of rotatable bonds is 8. The summed E-state index contributed by atoms with van der Waals surface area (Å²) in [5.41, 5.74) is 5.42. The highest BCUT2D eigenvalue weighted by atomic mass is 16.5. The van der Waals surface area contributed by atoms with Crippen molar-refractivity contribution in [2.24, 2.45) is 5.73 Å². The van der Waals surface area contributed by atoms with Gasteiger partial charge in [-0.05, 0) is 31.3 Å². The predicted molar refractivity (Wildman–Crippen MR) is 77.0 cm³/mol. The molecule has 0 aliphatic carbocycles. The number of methoxy groups -OCH3 is 1. The lowest BCUT2D eigenvalue weighted by molar-refractivity contribution is 0.227. The Morgan fingerprint density at radius 1 is 1.24 bits per heavy atom. The van der Waals surface area contributed by atoms with Gasteiger partial charge in [0.2, 0.25) is 5.89 Å². The van der Waals surface area contributed by atoms with Crippen LogP contribution in [0.4, 0.5) is 0 Å². The maximum atomic E-state index is 5.66. The van der Waals surface area contributed by atoms with Crippen LogP contribution in [0, 0.1) is 0 Å². The second-order valence-electron chi connectivity index (χ2n) is 4.57. The van der Waals surface area contributed by atoms with E-state index in [4.69, 9.17) is 19.7 Å². The molecule has 7 nitrogen and oxygen atoms in total. The fraction of sp³-hybridized carbons (Fsp3) is 0.429. The van der Waals surface area contributed by atoms with Crippen molar-refractivity contribution in [3.63, 3.8) is 0 Å². The van der Waals surface area contributed by atoms with Gasteiger partial charge in [-0.3, -0.25) is 4.90 Å². The van der Waals surface area contributed by atoms with Gasteiger partial charge in [0.25, 0.3) is 0 Å². The first kappa shape index (κ1) is 15.3. The van der Waals surface area contributed by atoms with Crippen LogP contribution in [-0.4, -0.2) is 42.3 Å². The monoisotopic (exact) mass is 292 g/mol. The van der Waals surface area contributed by atoms with E-state index in [0.29, 0.717) is 24.9 Å². The Morgan fingerprint density at radius 3 is 2.57 bits per heavy atom. The van der Waals surface area contributed by atoms with Crippen molar-refractivity contribution in [3.8, 4) is 11.5 Å². The Morgan fingerprint density at radius 2 is 1.95 bits per heavy atom. The molecule has 1 aromatic heterocycles. The Kier molecular flexibility index (Phi) is 5.53. The smallest absolute Gasteiger partial charge is 0.240 e. The molecule has 2 N–H and O–H groups in total. The van der Waals surface area contributed by atoms with E-state index in [-0.39, 0.29) is 6.54 Å². The number of aromatic nitrogens is 2. The molecule has 0 aliphatic heterocycles. The third kappa shape index (κ3) is 4.73. The summed E-state index contributed by atoms with van der Waals surface area (Å²) >= 11 is 0. The maximum Gasteiger partial charge on any atom is 0.240 e. The van der Waals surface area contributed by atoms with Crippen LogP contribution < -0.4 is 15.2 Å². The van der Waals surface area contributed by atoms with Gasteiger partial charge < -0.3 is 19.7 Å². The molecule has 0 spiro atoms. The predicted octanol–water partition coefficient (Wildman–Crippen LogP) is 1.05. The van der Waals surface area contributed by atoms with Crippen molar-refractivity contribution in [3.05, 3.63) is 36.0 Å². The topological polar surface area (TPSA) is 86.6 Å². The zero-order valence-corrected chi connectivity index (χ0v) is 12.3. The van der Waals surface area contributed by atoms with Gasteiger partial charge in [0.1, 0.15) is 18.1 Å². The fourth-order valence-corrected chi connectivity index (χ4v) is 1.75.